The Morgan fingerprint density at radius 3 is 2.71 bits per heavy atom. The molecule has 4 rings (SSSR count). The van der Waals surface area contributed by atoms with Gasteiger partial charge in [0.1, 0.15) is 23.9 Å². The number of hydrogen-bond donors (Lipinski definition) is 4. The molecule has 1 fully saturated rings. The van der Waals surface area contributed by atoms with E-state index in [4.69, 9.17) is 5.14 Å². The molecule has 1 aromatic carbocycles. The van der Waals surface area contributed by atoms with Gasteiger partial charge in [-0.1, -0.05) is 30.3 Å². The van der Waals surface area contributed by atoms with Gasteiger partial charge in [0.05, 0.1) is 30.4 Å². The monoisotopic (exact) mass is 502 g/mol. The van der Waals surface area contributed by atoms with Gasteiger partial charge in [0.25, 0.3) is 0 Å². The van der Waals surface area contributed by atoms with Gasteiger partial charge < -0.3 is 15.5 Å². The Morgan fingerprint density at radius 2 is 2.00 bits per heavy atom. The molecule has 1 aliphatic carbocycles. The summed E-state index contributed by atoms with van der Waals surface area (Å²) in [4.78, 5) is 21.3. The number of aliphatic hydroxyl groups excluding tert-OH is 2. The Balaban J connectivity index is 1.50. The number of carbonyl (C=O) groups excluding carboxylic acids is 1. The summed E-state index contributed by atoms with van der Waals surface area (Å²) < 4.78 is 28.4. The highest BCUT2D eigenvalue weighted by molar-refractivity contribution is 7.84. The smallest absolute Gasteiger partial charge is 0.333 e. The minimum Gasteiger partial charge on any atom is -0.390 e. The molecule has 35 heavy (non-hydrogen) atoms. The van der Waals surface area contributed by atoms with Gasteiger partial charge in [0.15, 0.2) is 0 Å². The van der Waals surface area contributed by atoms with Crippen LogP contribution in [-0.4, -0.2) is 69.0 Å². The van der Waals surface area contributed by atoms with Crippen molar-refractivity contribution in [1.29, 1.82) is 0 Å². The van der Waals surface area contributed by atoms with Crippen LogP contribution in [0.25, 0.3) is 0 Å². The molecule has 2 aromatic heterocycles. The summed E-state index contributed by atoms with van der Waals surface area (Å²) >= 11 is 0. The lowest BCUT2D eigenvalue weighted by molar-refractivity contribution is 0.00778. The van der Waals surface area contributed by atoms with Crippen LogP contribution in [0.2, 0.25) is 0 Å². The number of aromatic nitrogens is 4. The number of nitrogens with zero attached hydrogens (tertiary/aromatic N) is 4. The van der Waals surface area contributed by atoms with Gasteiger partial charge in [-0.15, -0.1) is 0 Å². The van der Waals surface area contributed by atoms with Crippen LogP contribution in [0.3, 0.4) is 0 Å². The first-order valence-electron chi connectivity index (χ1n) is 10.9. The summed E-state index contributed by atoms with van der Waals surface area (Å²) in [6.45, 7) is 1.58. The van der Waals surface area contributed by atoms with Gasteiger partial charge in [-0.2, -0.15) is 13.5 Å². The number of carbonyl (C=O) groups is 1. The molecular formula is C22H26N6O6S. The predicted octanol–water partition coefficient (Wildman–Crippen LogP) is 0.256. The summed E-state index contributed by atoms with van der Waals surface area (Å²) in [6, 6.07) is 10.5. The van der Waals surface area contributed by atoms with Crippen molar-refractivity contribution in [2.75, 3.05) is 11.9 Å². The summed E-state index contributed by atoms with van der Waals surface area (Å²) in [7, 11) is -4.19. The predicted molar refractivity (Wildman–Crippen MR) is 125 cm³/mol. The van der Waals surface area contributed by atoms with Crippen LogP contribution in [0.4, 0.5) is 5.82 Å². The van der Waals surface area contributed by atoms with E-state index in [9.17, 15) is 23.4 Å². The normalized spacial score (nSPS) is 23.2. The topological polar surface area (TPSA) is 183 Å². The van der Waals surface area contributed by atoms with E-state index in [1.165, 1.54) is 12.5 Å². The molecule has 2 heterocycles. The number of hydrogen-bond acceptors (Lipinski definition) is 10. The Kier molecular flexibility index (Phi) is 7.23. The fourth-order valence-corrected chi connectivity index (χ4v) is 4.46. The van der Waals surface area contributed by atoms with Crippen molar-refractivity contribution in [1.82, 2.24) is 19.7 Å². The third-order valence-corrected chi connectivity index (χ3v) is 6.51. The summed E-state index contributed by atoms with van der Waals surface area (Å²) in [5.41, 5.74) is 1.36. The molecule has 0 bridgehead atoms. The first-order valence-corrected chi connectivity index (χ1v) is 12.4. The number of rotatable bonds is 9. The molecule has 0 amide bonds. The maximum absolute atomic E-state index is 13.2. The number of nitrogens with two attached hydrogens (primary N) is 1. The molecule has 5 N–H and O–H groups in total. The van der Waals surface area contributed by atoms with Gasteiger partial charge in [-0.05, 0) is 25.0 Å². The van der Waals surface area contributed by atoms with Gasteiger partial charge in [0.2, 0.25) is 5.78 Å². The van der Waals surface area contributed by atoms with E-state index in [0.29, 0.717) is 0 Å². The maximum Gasteiger partial charge on any atom is 0.333 e. The van der Waals surface area contributed by atoms with Gasteiger partial charge in [-0.25, -0.2) is 15.1 Å². The molecule has 0 aliphatic heterocycles. The van der Waals surface area contributed by atoms with Crippen LogP contribution in [-0.2, 0) is 14.5 Å². The van der Waals surface area contributed by atoms with Gasteiger partial charge >= 0.3 is 10.3 Å². The fourth-order valence-electron chi connectivity index (χ4n) is 4.10. The van der Waals surface area contributed by atoms with Crippen molar-refractivity contribution in [3.8, 4) is 0 Å². The van der Waals surface area contributed by atoms with Gasteiger partial charge in [-0.3, -0.25) is 13.7 Å². The van der Waals surface area contributed by atoms with Crippen molar-refractivity contribution in [3.05, 3.63) is 71.9 Å². The Morgan fingerprint density at radius 1 is 1.26 bits per heavy atom. The Hall–Kier alpha value is -3.23. The third kappa shape index (κ3) is 5.71. The van der Waals surface area contributed by atoms with E-state index < -0.39 is 40.3 Å². The number of nitrogens with one attached hydrogen (secondary N) is 1. The standard InChI is InChI=1S/C22H26N6O6S/c1-13(14-5-3-2-4-6-14)28-8-7-17(27-28)20(30)16-10-24-12-25-22(16)26-18-9-15(19(29)21(18)31)11-34-35(23,32)33/h2-8,10,12-13,15,18-19,21,29,31H,9,11H2,1H3,(H2,23,32,33)(H,24,25,26)/t13-,15-,18-,19-,21+/m1/s1. The minimum atomic E-state index is -4.19. The molecule has 0 unspecified atom stereocenters. The zero-order chi connectivity index (χ0) is 25.2. The lowest BCUT2D eigenvalue weighted by Gasteiger charge is -2.19. The second-order valence-electron chi connectivity index (χ2n) is 8.39. The van der Waals surface area contributed by atoms with Crippen LogP contribution < -0.4 is 10.5 Å². The van der Waals surface area contributed by atoms with E-state index in [0.717, 1.165) is 5.56 Å². The Labute approximate surface area is 202 Å². The van der Waals surface area contributed by atoms with Gasteiger partial charge in [0, 0.05) is 18.3 Å². The SMILES string of the molecule is C[C@H](c1ccccc1)n1ccc(C(=O)c2cncnc2N[C@@H]2C[C@H](COS(N)(=O)=O)[C@@H](O)[C@H]2O)n1. The minimum absolute atomic E-state index is 0.0889. The molecule has 13 heteroatoms. The van der Waals surface area contributed by atoms with Crippen LogP contribution in [0.5, 0.6) is 0 Å². The summed E-state index contributed by atoms with van der Waals surface area (Å²) in [6.07, 6.45) is 1.94. The van der Waals surface area contributed by atoms with Crippen LogP contribution in [0.15, 0.2) is 55.1 Å². The van der Waals surface area contributed by atoms with Crippen molar-refractivity contribution in [2.45, 2.75) is 37.6 Å². The summed E-state index contributed by atoms with van der Waals surface area (Å²) in [5.74, 6) is -0.967. The Bertz CT molecular complexity index is 1280. The largest absolute Gasteiger partial charge is 0.390 e. The first kappa shape index (κ1) is 24.9. The molecule has 0 radical (unpaired) electrons. The molecule has 0 saturated heterocycles. The third-order valence-electron chi connectivity index (χ3n) is 6.05. The average molecular weight is 503 g/mol. The van der Waals surface area contributed by atoms with E-state index in [1.807, 2.05) is 37.3 Å². The van der Waals surface area contributed by atoms with Crippen molar-refractivity contribution < 1.29 is 27.6 Å². The van der Waals surface area contributed by atoms with E-state index in [-0.39, 0.29) is 36.1 Å². The highest BCUT2D eigenvalue weighted by Crippen LogP contribution is 2.30. The second-order valence-corrected chi connectivity index (χ2v) is 9.61. The molecule has 1 saturated carbocycles. The molecule has 1 aliphatic rings. The van der Waals surface area contributed by atoms with Crippen molar-refractivity contribution in [3.63, 3.8) is 0 Å². The quantitative estimate of drug-likeness (QED) is 0.296. The second kappa shape index (κ2) is 10.2. The number of aliphatic hydroxyl groups is 2. The number of anilines is 1. The zero-order valence-corrected chi connectivity index (χ0v) is 19.6. The highest BCUT2D eigenvalue weighted by Gasteiger charge is 2.42. The van der Waals surface area contributed by atoms with Crippen molar-refractivity contribution >= 4 is 21.9 Å². The molecule has 3 aromatic rings. The van der Waals surface area contributed by atoms with E-state index >= 15 is 0 Å². The molecule has 186 valence electrons. The average Bonchev–Trinajstić information content (AvgIpc) is 3.44. The lowest BCUT2D eigenvalue weighted by Crippen LogP contribution is -2.36. The highest BCUT2D eigenvalue weighted by atomic mass is 32.2. The maximum atomic E-state index is 13.2. The van der Waals surface area contributed by atoms with Crippen LogP contribution >= 0.6 is 0 Å². The van der Waals surface area contributed by atoms with E-state index in [2.05, 4.69) is 24.6 Å². The molecule has 12 nitrogen and oxygen atoms in total. The first-order chi connectivity index (χ1) is 16.6. The molecule has 0 spiro atoms. The lowest BCUT2D eigenvalue weighted by atomic mass is 10.1. The number of benzene rings is 1. The van der Waals surface area contributed by atoms with E-state index in [1.54, 1.807) is 16.9 Å². The number of ketones is 1. The van der Waals surface area contributed by atoms with Crippen LogP contribution in [0.1, 0.15) is 41.0 Å². The van der Waals surface area contributed by atoms with Crippen LogP contribution in [0, 0.1) is 5.92 Å². The summed E-state index contributed by atoms with van der Waals surface area (Å²) in [5, 5.41) is 33.0. The molecular weight excluding hydrogens is 476 g/mol. The zero-order valence-electron chi connectivity index (χ0n) is 18.8. The van der Waals surface area contributed by atoms with Crippen molar-refractivity contribution in [2.24, 2.45) is 11.1 Å². The fraction of sp³-hybridized carbons (Fsp3) is 0.364. The molecule has 5 atom stereocenters.